The van der Waals surface area contributed by atoms with Crippen LogP contribution < -0.4 is 0 Å². The number of benzene rings is 5. The zero-order valence-corrected chi connectivity index (χ0v) is 33.5. The van der Waals surface area contributed by atoms with E-state index in [-0.39, 0.29) is 53.8 Å². The molecular formula is C49H45IrN3O-2. The van der Waals surface area contributed by atoms with Crippen LogP contribution in [0.5, 0.6) is 0 Å². The summed E-state index contributed by atoms with van der Waals surface area (Å²) in [7, 11) is 0. The first-order valence-electron chi connectivity index (χ1n) is 21.1. The van der Waals surface area contributed by atoms with Crippen molar-refractivity contribution in [3.63, 3.8) is 0 Å². The maximum atomic E-state index is 8.94. The number of rotatable bonds is 4. The molecule has 0 atom stereocenters. The fourth-order valence-corrected chi connectivity index (χ4v) is 6.16. The van der Waals surface area contributed by atoms with Gasteiger partial charge in [-0.2, -0.15) is 0 Å². The molecule has 5 heteroatoms. The SMILES string of the molecule is CC(C)(C)c1cc(-c2[c-]cccc2)ncn1.[2H]c1cc(C(C)(C)C)cc(C([2H])([2H])[2H])c1-c1cc(-c2[c-]ccc3c2oc2cc(-c4ccccc4)ccc23)ncc1C([2H])([2H])[2H].[Ir]. The van der Waals surface area contributed by atoms with Crippen LogP contribution in [0.1, 0.15) is 73.5 Å². The molecule has 273 valence electrons. The molecule has 0 unspecified atom stereocenters. The second-order valence-corrected chi connectivity index (χ2v) is 15.1. The van der Waals surface area contributed by atoms with Crippen molar-refractivity contribution in [2.45, 2.75) is 66.1 Å². The summed E-state index contributed by atoms with van der Waals surface area (Å²) < 4.78 is 65.0. The van der Waals surface area contributed by atoms with Gasteiger partial charge in [-0.1, -0.05) is 125 Å². The van der Waals surface area contributed by atoms with Crippen molar-refractivity contribution in [3.8, 4) is 44.8 Å². The van der Waals surface area contributed by atoms with Gasteiger partial charge in [0.1, 0.15) is 11.9 Å². The minimum atomic E-state index is -2.61. The van der Waals surface area contributed by atoms with Gasteiger partial charge in [0.25, 0.3) is 0 Å². The van der Waals surface area contributed by atoms with Crippen LogP contribution in [-0.4, -0.2) is 15.0 Å². The summed E-state index contributed by atoms with van der Waals surface area (Å²) in [5.41, 5.74) is 7.40. The third-order valence-corrected chi connectivity index (χ3v) is 9.20. The molecular weight excluding hydrogens is 839 g/mol. The average molecular weight is 891 g/mol. The molecule has 0 aliphatic carbocycles. The Morgan fingerprint density at radius 3 is 2.17 bits per heavy atom. The van der Waals surface area contributed by atoms with Crippen LogP contribution in [0.3, 0.4) is 0 Å². The standard InChI is InChI=1S/C35H30NO.C14H15N2.Ir/c1-22-18-26(35(3,4)5)15-17-27(22)31-20-32(36-21-23(31)2)30-13-9-12-29-28-16-14-25(19-33(28)37-34(29)30)24-10-7-6-8-11-24;1-14(2,3)13-9-12(15-10-16-13)11-7-5-4-6-8-11;/h6-12,14-21H,1-5H3;4-7,9-10H,1-3H3;/q2*-1;/i1D3,2D3,17D;;. The molecule has 8 aromatic rings. The smallest absolute Gasteiger partial charge is 0.121 e. The average Bonchev–Trinajstić information content (AvgIpc) is 3.58. The number of hydrogen-bond donors (Lipinski definition) is 0. The summed E-state index contributed by atoms with van der Waals surface area (Å²) in [6.45, 7) is 7.06. The summed E-state index contributed by atoms with van der Waals surface area (Å²) in [5.74, 6) is 0. The number of aryl methyl sites for hydroxylation is 2. The zero-order valence-electron chi connectivity index (χ0n) is 38.1. The Morgan fingerprint density at radius 2 is 1.44 bits per heavy atom. The number of furan rings is 1. The normalized spacial score (nSPS) is 13.9. The fraction of sp³-hybridized carbons (Fsp3) is 0.204. The molecule has 0 saturated carbocycles. The molecule has 0 fully saturated rings. The van der Waals surface area contributed by atoms with Gasteiger partial charge in [-0.3, -0.25) is 4.98 Å². The van der Waals surface area contributed by atoms with E-state index in [1.807, 2.05) is 106 Å². The van der Waals surface area contributed by atoms with Crippen molar-refractivity contribution in [2.24, 2.45) is 0 Å². The van der Waals surface area contributed by atoms with E-state index in [0.29, 0.717) is 28.0 Å². The largest absolute Gasteiger partial charge is 0.501 e. The summed E-state index contributed by atoms with van der Waals surface area (Å²) in [6, 6.07) is 40.6. The first-order chi connectivity index (χ1) is 28.2. The third kappa shape index (κ3) is 8.13. The Balaban J connectivity index is 0.000000307. The Labute approximate surface area is 343 Å². The summed E-state index contributed by atoms with van der Waals surface area (Å²) in [5, 5.41) is 1.75. The number of hydrogen-bond acceptors (Lipinski definition) is 4. The molecule has 8 rings (SSSR count). The van der Waals surface area contributed by atoms with Crippen LogP contribution in [0.4, 0.5) is 0 Å². The van der Waals surface area contributed by atoms with Crippen molar-refractivity contribution in [2.75, 3.05) is 0 Å². The van der Waals surface area contributed by atoms with Crippen molar-refractivity contribution >= 4 is 21.9 Å². The number of pyridine rings is 1. The first-order valence-corrected chi connectivity index (χ1v) is 17.6. The number of aromatic nitrogens is 3. The first kappa shape index (κ1) is 30.1. The predicted octanol–water partition coefficient (Wildman–Crippen LogP) is 12.9. The van der Waals surface area contributed by atoms with Gasteiger partial charge in [-0.15, -0.1) is 54.1 Å². The third-order valence-electron chi connectivity index (χ3n) is 9.20. The van der Waals surface area contributed by atoms with Crippen molar-refractivity contribution in [1.82, 2.24) is 15.0 Å². The van der Waals surface area contributed by atoms with Crippen molar-refractivity contribution < 1.29 is 34.1 Å². The Bertz CT molecular complexity index is 2820. The molecule has 0 aliphatic rings. The van der Waals surface area contributed by atoms with Gasteiger partial charge in [0.15, 0.2) is 0 Å². The van der Waals surface area contributed by atoms with Gasteiger partial charge in [0.2, 0.25) is 0 Å². The van der Waals surface area contributed by atoms with Gasteiger partial charge in [0.05, 0.1) is 6.95 Å². The Hall–Kier alpha value is -5.22. The zero-order chi connectivity index (χ0) is 43.2. The van der Waals surface area contributed by atoms with Gasteiger partial charge in [-0.25, -0.2) is 4.98 Å². The van der Waals surface area contributed by atoms with Crippen LogP contribution >= 0.6 is 0 Å². The molecule has 54 heavy (non-hydrogen) atoms. The molecule has 5 aromatic carbocycles. The minimum absolute atomic E-state index is 0. The molecule has 0 bridgehead atoms. The van der Waals surface area contributed by atoms with E-state index in [0.717, 1.165) is 38.9 Å². The molecule has 0 saturated heterocycles. The maximum absolute atomic E-state index is 8.94. The van der Waals surface area contributed by atoms with Gasteiger partial charge in [0, 0.05) is 51.0 Å². The van der Waals surface area contributed by atoms with Crippen molar-refractivity contribution in [3.05, 3.63) is 162 Å². The number of fused-ring (bicyclic) bond motifs is 3. The molecule has 0 spiro atoms. The maximum Gasteiger partial charge on any atom is 0.121 e. The van der Waals surface area contributed by atoms with Gasteiger partial charge < -0.3 is 9.40 Å². The monoisotopic (exact) mass is 891 g/mol. The molecule has 3 heterocycles. The topological polar surface area (TPSA) is 51.8 Å². The summed E-state index contributed by atoms with van der Waals surface area (Å²) in [6.07, 6.45) is 2.87. The van der Waals surface area contributed by atoms with Crippen molar-refractivity contribution in [1.29, 1.82) is 0 Å². The second kappa shape index (κ2) is 15.6. The van der Waals surface area contributed by atoms with Crippen LogP contribution in [0.2, 0.25) is 0 Å². The van der Waals surface area contributed by atoms with E-state index in [4.69, 9.17) is 14.0 Å². The molecule has 0 amide bonds. The molecule has 0 N–H and O–H groups in total. The predicted molar refractivity (Wildman–Crippen MR) is 220 cm³/mol. The van der Waals surface area contributed by atoms with Gasteiger partial charge >= 0.3 is 0 Å². The molecule has 1 radical (unpaired) electrons. The molecule has 4 nitrogen and oxygen atoms in total. The van der Waals surface area contributed by atoms with E-state index in [1.54, 1.807) is 30.6 Å². The van der Waals surface area contributed by atoms with Crippen LogP contribution in [0, 0.1) is 25.8 Å². The number of nitrogens with zero attached hydrogens (tertiary/aromatic N) is 3. The fourth-order valence-electron chi connectivity index (χ4n) is 6.16. The quantitative estimate of drug-likeness (QED) is 0.165. The second-order valence-electron chi connectivity index (χ2n) is 15.1. The van der Waals surface area contributed by atoms with Crippen LogP contribution in [-0.2, 0) is 30.9 Å². The summed E-state index contributed by atoms with van der Waals surface area (Å²) >= 11 is 0. The summed E-state index contributed by atoms with van der Waals surface area (Å²) in [4.78, 5) is 13.1. The van der Waals surface area contributed by atoms with E-state index in [1.165, 1.54) is 6.20 Å². The van der Waals surface area contributed by atoms with Crippen LogP contribution in [0.15, 0.2) is 132 Å². The van der Waals surface area contributed by atoms with E-state index in [2.05, 4.69) is 47.9 Å². The molecule has 3 aromatic heterocycles. The minimum Gasteiger partial charge on any atom is -0.501 e. The van der Waals surface area contributed by atoms with E-state index in [9.17, 15) is 0 Å². The van der Waals surface area contributed by atoms with E-state index < -0.39 is 19.1 Å². The Kier molecular flexibility index (Phi) is 8.73. The van der Waals surface area contributed by atoms with Crippen LogP contribution in [0.25, 0.3) is 66.7 Å². The molecule has 0 aliphatic heterocycles. The van der Waals surface area contributed by atoms with Gasteiger partial charge in [-0.05, 0) is 75.5 Å². The van der Waals surface area contributed by atoms with E-state index >= 15 is 0 Å². The Morgan fingerprint density at radius 1 is 0.648 bits per heavy atom.